The molecule has 0 aliphatic heterocycles. The van der Waals surface area contributed by atoms with Gasteiger partial charge < -0.3 is 23.4 Å². The van der Waals surface area contributed by atoms with E-state index in [1.165, 1.54) is 45.6 Å². The van der Waals surface area contributed by atoms with Gasteiger partial charge in [-0.15, -0.1) is 0 Å². The van der Waals surface area contributed by atoms with Gasteiger partial charge in [-0.25, -0.2) is 9.59 Å². The van der Waals surface area contributed by atoms with Crippen LogP contribution in [0, 0.1) is 0 Å². The SMILES string of the molecule is COc1cc(C(=O)Oc2ccc3ccc(=O)oc3c2)cc(OC)c1OC. The third-order valence-electron chi connectivity index (χ3n) is 3.71. The minimum atomic E-state index is -0.623. The van der Waals surface area contributed by atoms with Crippen LogP contribution in [0.5, 0.6) is 23.0 Å². The second kappa shape index (κ2) is 7.18. The Labute approximate surface area is 148 Å². The van der Waals surface area contributed by atoms with Gasteiger partial charge in [0, 0.05) is 17.5 Å². The molecule has 1 aromatic heterocycles. The van der Waals surface area contributed by atoms with E-state index >= 15 is 0 Å². The van der Waals surface area contributed by atoms with Crippen LogP contribution in [0.25, 0.3) is 11.0 Å². The first-order valence-corrected chi connectivity index (χ1v) is 7.62. The molecule has 134 valence electrons. The van der Waals surface area contributed by atoms with Crippen LogP contribution >= 0.6 is 0 Å². The van der Waals surface area contributed by atoms with Gasteiger partial charge in [0.05, 0.1) is 26.9 Å². The van der Waals surface area contributed by atoms with Gasteiger partial charge in [-0.2, -0.15) is 0 Å². The van der Waals surface area contributed by atoms with Crippen LogP contribution < -0.4 is 24.6 Å². The third kappa shape index (κ3) is 3.32. The molecular weight excluding hydrogens is 340 g/mol. The maximum atomic E-state index is 12.5. The van der Waals surface area contributed by atoms with Crippen LogP contribution in [0.4, 0.5) is 0 Å². The summed E-state index contributed by atoms with van der Waals surface area (Å²) in [4.78, 5) is 23.8. The Morgan fingerprint density at radius 3 is 2.15 bits per heavy atom. The van der Waals surface area contributed by atoms with Gasteiger partial charge in [-0.1, -0.05) is 0 Å². The molecule has 7 heteroatoms. The zero-order valence-corrected chi connectivity index (χ0v) is 14.4. The Morgan fingerprint density at radius 1 is 0.885 bits per heavy atom. The van der Waals surface area contributed by atoms with Gasteiger partial charge >= 0.3 is 11.6 Å². The molecule has 3 aromatic rings. The smallest absolute Gasteiger partial charge is 0.343 e. The molecule has 0 aliphatic rings. The molecule has 0 aliphatic carbocycles. The molecule has 0 radical (unpaired) electrons. The first kappa shape index (κ1) is 17.3. The van der Waals surface area contributed by atoms with Crippen molar-refractivity contribution in [2.24, 2.45) is 0 Å². The fourth-order valence-corrected chi connectivity index (χ4v) is 2.47. The second-order valence-corrected chi connectivity index (χ2v) is 5.26. The van der Waals surface area contributed by atoms with Crippen molar-refractivity contribution in [1.82, 2.24) is 0 Å². The van der Waals surface area contributed by atoms with Crippen LogP contribution in [0.1, 0.15) is 10.4 Å². The number of esters is 1. The van der Waals surface area contributed by atoms with Crippen molar-refractivity contribution in [3.8, 4) is 23.0 Å². The van der Waals surface area contributed by atoms with Crippen molar-refractivity contribution in [2.75, 3.05) is 21.3 Å². The Bertz CT molecular complexity index is 995. The summed E-state index contributed by atoms with van der Waals surface area (Å²) in [5, 5.41) is 0.720. The van der Waals surface area contributed by atoms with Gasteiger partial charge in [0.2, 0.25) is 5.75 Å². The molecule has 0 unspecified atom stereocenters. The van der Waals surface area contributed by atoms with Crippen molar-refractivity contribution < 1.29 is 28.2 Å². The molecule has 0 saturated heterocycles. The Morgan fingerprint density at radius 2 is 1.54 bits per heavy atom. The number of rotatable bonds is 5. The van der Waals surface area contributed by atoms with Crippen molar-refractivity contribution in [3.63, 3.8) is 0 Å². The molecule has 7 nitrogen and oxygen atoms in total. The number of carbonyl (C=O) groups excluding carboxylic acids is 1. The molecule has 2 aromatic carbocycles. The molecule has 0 amide bonds. The minimum Gasteiger partial charge on any atom is -0.493 e. The van der Waals surface area contributed by atoms with E-state index in [1.54, 1.807) is 18.2 Å². The molecule has 0 atom stereocenters. The number of carbonyl (C=O) groups is 1. The lowest BCUT2D eigenvalue weighted by molar-refractivity contribution is 0.0734. The van der Waals surface area contributed by atoms with E-state index in [4.69, 9.17) is 23.4 Å². The van der Waals surface area contributed by atoms with Crippen molar-refractivity contribution in [3.05, 3.63) is 58.4 Å². The summed E-state index contributed by atoms with van der Waals surface area (Å²) in [6.45, 7) is 0. The van der Waals surface area contributed by atoms with Crippen molar-refractivity contribution in [2.45, 2.75) is 0 Å². The second-order valence-electron chi connectivity index (χ2n) is 5.26. The number of hydrogen-bond donors (Lipinski definition) is 0. The van der Waals surface area contributed by atoms with E-state index in [1.807, 2.05) is 0 Å². The summed E-state index contributed by atoms with van der Waals surface area (Å²) in [5.41, 5.74) is 0.0624. The number of methoxy groups -OCH3 is 3. The molecule has 0 N–H and O–H groups in total. The first-order chi connectivity index (χ1) is 12.5. The molecule has 0 saturated carbocycles. The van der Waals surface area contributed by atoms with Crippen LogP contribution in [-0.4, -0.2) is 27.3 Å². The molecule has 0 bridgehead atoms. The van der Waals surface area contributed by atoms with Crippen molar-refractivity contribution >= 4 is 16.9 Å². The van der Waals surface area contributed by atoms with Gasteiger partial charge in [0.1, 0.15) is 11.3 Å². The lowest BCUT2D eigenvalue weighted by Gasteiger charge is -2.13. The fraction of sp³-hybridized carbons (Fsp3) is 0.158. The summed E-state index contributed by atoms with van der Waals surface area (Å²) < 4.78 is 26.1. The van der Waals surface area contributed by atoms with Gasteiger partial charge in [-0.05, 0) is 30.3 Å². The van der Waals surface area contributed by atoms with Crippen LogP contribution in [0.15, 0.2) is 51.7 Å². The van der Waals surface area contributed by atoms with Crippen LogP contribution in [0.2, 0.25) is 0 Å². The molecule has 3 rings (SSSR count). The standard InChI is InChI=1S/C19H16O7/c1-22-15-8-12(9-16(23-2)18(15)24-3)19(21)25-13-6-4-11-5-7-17(20)26-14(11)10-13/h4-10H,1-3H3. The Hall–Kier alpha value is -3.48. The Kier molecular flexibility index (Phi) is 4.79. The zero-order chi connectivity index (χ0) is 18.7. The van der Waals surface area contributed by atoms with E-state index in [-0.39, 0.29) is 11.3 Å². The topological polar surface area (TPSA) is 84.2 Å². The van der Waals surface area contributed by atoms with Gasteiger partial charge in [0.15, 0.2) is 11.5 Å². The monoisotopic (exact) mass is 356 g/mol. The maximum absolute atomic E-state index is 12.5. The van der Waals surface area contributed by atoms with E-state index in [0.717, 1.165) is 5.39 Å². The summed E-state index contributed by atoms with van der Waals surface area (Å²) in [6, 6.07) is 10.7. The summed E-state index contributed by atoms with van der Waals surface area (Å²) >= 11 is 0. The average molecular weight is 356 g/mol. The summed E-state index contributed by atoms with van der Waals surface area (Å²) in [7, 11) is 4.39. The summed E-state index contributed by atoms with van der Waals surface area (Å²) in [5.74, 6) is 0.665. The third-order valence-corrected chi connectivity index (χ3v) is 3.71. The zero-order valence-electron chi connectivity index (χ0n) is 14.4. The summed E-state index contributed by atoms with van der Waals surface area (Å²) in [6.07, 6.45) is 0. The highest BCUT2D eigenvalue weighted by Crippen LogP contribution is 2.38. The average Bonchev–Trinajstić information content (AvgIpc) is 2.66. The molecule has 0 fully saturated rings. The van der Waals surface area contributed by atoms with Gasteiger partial charge in [-0.3, -0.25) is 0 Å². The molecule has 26 heavy (non-hydrogen) atoms. The predicted molar refractivity (Wildman–Crippen MR) is 93.5 cm³/mol. The molecule has 0 spiro atoms. The number of hydrogen-bond acceptors (Lipinski definition) is 7. The highest BCUT2D eigenvalue weighted by Gasteiger charge is 2.18. The molecule has 1 heterocycles. The van der Waals surface area contributed by atoms with E-state index in [9.17, 15) is 9.59 Å². The van der Waals surface area contributed by atoms with E-state index < -0.39 is 11.6 Å². The van der Waals surface area contributed by atoms with Crippen LogP contribution in [-0.2, 0) is 0 Å². The maximum Gasteiger partial charge on any atom is 0.343 e. The highest BCUT2D eigenvalue weighted by atomic mass is 16.5. The largest absolute Gasteiger partial charge is 0.493 e. The fourth-order valence-electron chi connectivity index (χ4n) is 2.47. The highest BCUT2D eigenvalue weighted by molar-refractivity contribution is 5.93. The Balaban J connectivity index is 1.93. The molecular formula is C19H16O7. The minimum absolute atomic E-state index is 0.217. The van der Waals surface area contributed by atoms with Crippen molar-refractivity contribution in [1.29, 1.82) is 0 Å². The first-order valence-electron chi connectivity index (χ1n) is 7.62. The van der Waals surface area contributed by atoms with E-state index in [0.29, 0.717) is 22.8 Å². The lowest BCUT2D eigenvalue weighted by Crippen LogP contribution is -2.09. The van der Waals surface area contributed by atoms with E-state index in [2.05, 4.69) is 0 Å². The van der Waals surface area contributed by atoms with Crippen LogP contribution in [0.3, 0.4) is 0 Å². The normalized spacial score (nSPS) is 10.4. The predicted octanol–water partition coefficient (Wildman–Crippen LogP) is 3.04. The number of ether oxygens (including phenoxy) is 4. The number of fused-ring (bicyclic) bond motifs is 1. The number of benzene rings is 2. The quantitative estimate of drug-likeness (QED) is 0.395. The van der Waals surface area contributed by atoms with Gasteiger partial charge in [0.25, 0.3) is 0 Å². The lowest BCUT2D eigenvalue weighted by atomic mass is 10.2.